The van der Waals surface area contributed by atoms with Gasteiger partial charge in [0.15, 0.2) is 29.6 Å². The van der Waals surface area contributed by atoms with E-state index in [2.05, 4.69) is 15.3 Å². The number of ether oxygens (including phenoxy) is 3. The number of hydrogen-bond donors (Lipinski definition) is 1. The Kier molecular flexibility index (Phi) is 5.30. The number of anilines is 1. The number of nitrogens with zero attached hydrogens (tertiary/aromatic N) is 2. The van der Waals surface area contributed by atoms with Crippen LogP contribution in [0.1, 0.15) is 10.4 Å². The van der Waals surface area contributed by atoms with Gasteiger partial charge in [0.05, 0.1) is 29.1 Å². The summed E-state index contributed by atoms with van der Waals surface area (Å²) in [6.45, 7) is -0.334. The molecule has 10 nitrogen and oxygen atoms in total. The molecule has 36 heavy (non-hydrogen) atoms. The average molecular weight is 483 g/mol. The Balaban J connectivity index is 1.20. The standard InChI is InChI=1S/C26H17N3O7/c30-23(27-16-6-8-19-22(12-16)36-14-35-19)13-34-26(31)15-5-7-17-18(11-15)29-25(21-4-2-10-33-21)24(28-17)20-3-1-9-32-20/h1-12H,13-14H2,(H,27,30). The number of esters is 1. The molecule has 0 spiro atoms. The highest BCUT2D eigenvalue weighted by Crippen LogP contribution is 2.34. The molecule has 2 aromatic carbocycles. The maximum Gasteiger partial charge on any atom is 0.338 e. The number of benzene rings is 2. The van der Waals surface area contributed by atoms with Crippen molar-refractivity contribution in [1.82, 2.24) is 9.97 Å². The molecule has 0 aliphatic carbocycles. The fourth-order valence-electron chi connectivity index (χ4n) is 3.74. The van der Waals surface area contributed by atoms with E-state index in [0.717, 1.165) is 0 Å². The highest BCUT2D eigenvalue weighted by molar-refractivity contribution is 5.97. The maximum atomic E-state index is 12.6. The minimum Gasteiger partial charge on any atom is -0.463 e. The zero-order valence-electron chi connectivity index (χ0n) is 18.6. The number of fused-ring (bicyclic) bond motifs is 2. The summed E-state index contributed by atoms with van der Waals surface area (Å²) in [5.74, 6) is 1.01. The molecule has 1 N–H and O–H groups in total. The zero-order chi connectivity index (χ0) is 24.5. The van der Waals surface area contributed by atoms with E-state index < -0.39 is 18.5 Å². The van der Waals surface area contributed by atoms with Crippen LogP contribution in [-0.2, 0) is 9.53 Å². The van der Waals surface area contributed by atoms with Gasteiger partial charge in [-0.15, -0.1) is 0 Å². The molecule has 6 rings (SSSR count). The summed E-state index contributed by atoms with van der Waals surface area (Å²) >= 11 is 0. The third kappa shape index (κ3) is 4.11. The van der Waals surface area contributed by atoms with Gasteiger partial charge < -0.3 is 28.4 Å². The predicted molar refractivity (Wildman–Crippen MR) is 126 cm³/mol. The minimum absolute atomic E-state index is 0.133. The normalized spacial score (nSPS) is 12.0. The fraction of sp³-hybridized carbons (Fsp3) is 0.0769. The minimum atomic E-state index is -0.672. The molecule has 0 radical (unpaired) electrons. The van der Waals surface area contributed by atoms with Crippen molar-refractivity contribution in [3.63, 3.8) is 0 Å². The molecule has 1 aliphatic heterocycles. The Labute approximate surface area is 203 Å². The van der Waals surface area contributed by atoms with Crippen molar-refractivity contribution in [2.24, 2.45) is 0 Å². The van der Waals surface area contributed by atoms with Gasteiger partial charge in [0.1, 0.15) is 11.4 Å². The van der Waals surface area contributed by atoms with Crippen LogP contribution in [0.2, 0.25) is 0 Å². The summed E-state index contributed by atoms with van der Waals surface area (Å²) in [5, 5.41) is 2.66. The van der Waals surface area contributed by atoms with Gasteiger partial charge in [0, 0.05) is 11.8 Å². The summed E-state index contributed by atoms with van der Waals surface area (Å²) < 4.78 is 26.8. The Bertz CT molecular complexity index is 1580. The zero-order valence-corrected chi connectivity index (χ0v) is 18.6. The van der Waals surface area contributed by atoms with Crippen molar-refractivity contribution in [2.45, 2.75) is 0 Å². The van der Waals surface area contributed by atoms with Gasteiger partial charge in [-0.25, -0.2) is 14.8 Å². The average Bonchev–Trinajstić information content (AvgIpc) is 3.68. The first-order valence-electron chi connectivity index (χ1n) is 10.9. The van der Waals surface area contributed by atoms with Crippen LogP contribution in [0.15, 0.2) is 82.0 Å². The number of carbonyl (C=O) groups excluding carboxylic acids is 2. The first-order valence-corrected chi connectivity index (χ1v) is 10.9. The molecule has 0 saturated carbocycles. The second-order valence-electron chi connectivity index (χ2n) is 7.77. The van der Waals surface area contributed by atoms with Gasteiger partial charge >= 0.3 is 5.97 Å². The Morgan fingerprint density at radius 3 is 2.28 bits per heavy atom. The van der Waals surface area contributed by atoms with Crippen LogP contribution in [0.3, 0.4) is 0 Å². The predicted octanol–water partition coefficient (Wildman–Crippen LogP) is 4.67. The second kappa shape index (κ2) is 8.91. The van der Waals surface area contributed by atoms with Gasteiger partial charge in [-0.3, -0.25) is 4.79 Å². The van der Waals surface area contributed by atoms with Crippen LogP contribution in [0.25, 0.3) is 33.9 Å². The molecule has 178 valence electrons. The van der Waals surface area contributed by atoms with Gasteiger partial charge in [0.2, 0.25) is 6.79 Å². The number of hydrogen-bond acceptors (Lipinski definition) is 9. The lowest BCUT2D eigenvalue weighted by molar-refractivity contribution is -0.119. The van der Waals surface area contributed by atoms with E-state index in [0.29, 0.717) is 51.1 Å². The summed E-state index contributed by atoms with van der Waals surface area (Å²) in [6.07, 6.45) is 3.09. The summed E-state index contributed by atoms with van der Waals surface area (Å²) in [5.41, 5.74) is 2.71. The van der Waals surface area contributed by atoms with Crippen LogP contribution in [0.4, 0.5) is 5.69 Å². The van der Waals surface area contributed by atoms with Crippen molar-refractivity contribution in [1.29, 1.82) is 0 Å². The number of amides is 1. The number of aromatic nitrogens is 2. The van der Waals surface area contributed by atoms with Crippen LogP contribution in [0.5, 0.6) is 11.5 Å². The number of rotatable bonds is 6. The quantitative estimate of drug-likeness (QED) is 0.343. The lowest BCUT2D eigenvalue weighted by Crippen LogP contribution is -2.20. The Hall–Kier alpha value is -5.12. The van der Waals surface area contributed by atoms with E-state index in [1.807, 2.05) is 0 Å². The smallest absolute Gasteiger partial charge is 0.338 e. The topological polar surface area (TPSA) is 126 Å². The van der Waals surface area contributed by atoms with Gasteiger partial charge in [0.25, 0.3) is 5.91 Å². The fourth-order valence-corrected chi connectivity index (χ4v) is 3.74. The van der Waals surface area contributed by atoms with E-state index in [9.17, 15) is 9.59 Å². The molecule has 0 unspecified atom stereocenters. The van der Waals surface area contributed by atoms with Crippen molar-refractivity contribution < 1.29 is 32.6 Å². The monoisotopic (exact) mass is 483 g/mol. The van der Waals surface area contributed by atoms with Crippen LogP contribution in [-0.4, -0.2) is 35.2 Å². The van der Waals surface area contributed by atoms with Crippen LogP contribution >= 0.6 is 0 Å². The van der Waals surface area contributed by atoms with Crippen molar-refractivity contribution in [3.8, 4) is 34.4 Å². The molecule has 0 bridgehead atoms. The SMILES string of the molecule is O=C(COC(=O)c1ccc2nc(-c3ccco3)c(-c3ccco3)nc2c1)Nc1ccc2c(c1)OCO2. The molecule has 10 heteroatoms. The molecule has 5 aromatic rings. The van der Waals surface area contributed by atoms with E-state index >= 15 is 0 Å². The lowest BCUT2D eigenvalue weighted by Gasteiger charge is -2.09. The van der Waals surface area contributed by atoms with Crippen molar-refractivity contribution >= 4 is 28.6 Å². The van der Waals surface area contributed by atoms with E-state index in [1.54, 1.807) is 66.9 Å². The summed E-state index contributed by atoms with van der Waals surface area (Å²) in [4.78, 5) is 34.3. The molecular formula is C26H17N3O7. The first-order chi connectivity index (χ1) is 17.6. The molecule has 1 aliphatic rings. The number of carbonyl (C=O) groups is 2. The Morgan fingerprint density at radius 2 is 1.56 bits per heavy atom. The van der Waals surface area contributed by atoms with E-state index in [1.165, 1.54) is 6.26 Å². The summed E-state index contributed by atoms with van der Waals surface area (Å²) in [7, 11) is 0. The molecule has 0 fully saturated rings. The third-order valence-corrected chi connectivity index (χ3v) is 5.40. The van der Waals surface area contributed by atoms with Crippen LogP contribution < -0.4 is 14.8 Å². The van der Waals surface area contributed by atoms with Crippen LogP contribution in [0, 0.1) is 0 Å². The Morgan fingerprint density at radius 1 is 0.833 bits per heavy atom. The van der Waals surface area contributed by atoms with E-state index in [4.69, 9.17) is 23.0 Å². The number of nitrogens with one attached hydrogen (secondary N) is 1. The summed E-state index contributed by atoms with van der Waals surface area (Å²) in [6, 6.07) is 16.8. The maximum absolute atomic E-state index is 12.6. The first kappa shape index (κ1) is 21.4. The molecule has 3 aromatic heterocycles. The molecule has 0 saturated heterocycles. The van der Waals surface area contributed by atoms with Crippen molar-refractivity contribution in [2.75, 3.05) is 18.7 Å². The molecule has 4 heterocycles. The highest BCUT2D eigenvalue weighted by Gasteiger charge is 2.19. The third-order valence-electron chi connectivity index (χ3n) is 5.40. The molecule has 1 amide bonds. The highest BCUT2D eigenvalue weighted by atomic mass is 16.7. The molecule has 0 atom stereocenters. The van der Waals surface area contributed by atoms with E-state index in [-0.39, 0.29) is 12.4 Å². The van der Waals surface area contributed by atoms with Gasteiger partial charge in [-0.1, -0.05) is 0 Å². The lowest BCUT2D eigenvalue weighted by atomic mass is 10.1. The molecular weight excluding hydrogens is 466 g/mol. The largest absolute Gasteiger partial charge is 0.463 e. The van der Waals surface area contributed by atoms with Gasteiger partial charge in [-0.05, 0) is 54.6 Å². The second-order valence-corrected chi connectivity index (χ2v) is 7.77. The number of furan rings is 2. The van der Waals surface area contributed by atoms with Crippen molar-refractivity contribution in [3.05, 3.63) is 78.8 Å². The van der Waals surface area contributed by atoms with Gasteiger partial charge in [-0.2, -0.15) is 0 Å².